The van der Waals surface area contributed by atoms with Gasteiger partial charge in [-0.3, -0.25) is 19.7 Å². The van der Waals surface area contributed by atoms with Crippen LogP contribution in [-0.2, 0) is 21.7 Å². The SMILES string of the molecule is CC1(c2cccc(NC(=O)CCn3nnc4ccccc4c3=O)c2)NC(=O)NC1=O. The Morgan fingerprint density at radius 2 is 1.93 bits per heavy atom. The Hall–Kier alpha value is -4.08. The Morgan fingerprint density at radius 3 is 2.70 bits per heavy atom. The highest BCUT2D eigenvalue weighted by Crippen LogP contribution is 2.26. The third-order valence-corrected chi connectivity index (χ3v) is 4.95. The maximum atomic E-state index is 12.4. The smallest absolute Gasteiger partial charge is 0.322 e. The van der Waals surface area contributed by atoms with Crippen molar-refractivity contribution in [2.45, 2.75) is 25.4 Å². The van der Waals surface area contributed by atoms with Gasteiger partial charge in [-0.2, -0.15) is 0 Å². The molecule has 1 saturated heterocycles. The van der Waals surface area contributed by atoms with Gasteiger partial charge in [-0.15, -0.1) is 5.10 Å². The third-order valence-electron chi connectivity index (χ3n) is 4.95. The highest BCUT2D eigenvalue weighted by atomic mass is 16.2. The van der Waals surface area contributed by atoms with E-state index in [0.29, 0.717) is 22.2 Å². The summed E-state index contributed by atoms with van der Waals surface area (Å²) >= 11 is 0. The predicted molar refractivity (Wildman–Crippen MR) is 108 cm³/mol. The molecule has 3 aromatic rings. The minimum absolute atomic E-state index is 0.00560. The van der Waals surface area contributed by atoms with E-state index in [1.165, 1.54) is 0 Å². The lowest BCUT2D eigenvalue weighted by atomic mass is 9.92. The summed E-state index contributed by atoms with van der Waals surface area (Å²) < 4.78 is 1.15. The Kier molecular flexibility index (Phi) is 4.74. The number of rotatable bonds is 5. The van der Waals surface area contributed by atoms with Crippen LogP contribution in [0.25, 0.3) is 10.9 Å². The zero-order valence-electron chi connectivity index (χ0n) is 16.0. The normalized spacial score (nSPS) is 18.2. The number of hydrogen-bond acceptors (Lipinski definition) is 6. The van der Waals surface area contributed by atoms with Gasteiger partial charge >= 0.3 is 6.03 Å². The van der Waals surface area contributed by atoms with Crippen molar-refractivity contribution in [1.29, 1.82) is 0 Å². The van der Waals surface area contributed by atoms with Crippen molar-refractivity contribution in [3.05, 3.63) is 64.4 Å². The van der Waals surface area contributed by atoms with Gasteiger partial charge in [0.2, 0.25) is 5.91 Å². The molecule has 0 radical (unpaired) electrons. The van der Waals surface area contributed by atoms with Gasteiger partial charge < -0.3 is 10.6 Å². The maximum absolute atomic E-state index is 12.4. The molecule has 0 aliphatic carbocycles. The Bertz CT molecular complexity index is 1240. The van der Waals surface area contributed by atoms with Crippen LogP contribution in [-0.4, -0.2) is 32.8 Å². The van der Waals surface area contributed by atoms with Crippen LogP contribution in [0.15, 0.2) is 53.3 Å². The monoisotopic (exact) mass is 406 g/mol. The number of nitrogens with one attached hydrogen (secondary N) is 3. The molecule has 2 aromatic carbocycles. The third kappa shape index (κ3) is 3.50. The second-order valence-electron chi connectivity index (χ2n) is 7.05. The van der Waals surface area contributed by atoms with Gasteiger partial charge in [0.15, 0.2) is 0 Å². The van der Waals surface area contributed by atoms with E-state index in [0.717, 1.165) is 4.68 Å². The van der Waals surface area contributed by atoms with Crippen LogP contribution >= 0.6 is 0 Å². The zero-order valence-corrected chi connectivity index (χ0v) is 16.0. The van der Waals surface area contributed by atoms with Crippen molar-refractivity contribution < 1.29 is 14.4 Å². The molecule has 1 fully saturated rings. The van der Waals surface area contributed by atoms with Crippen LogP contribution in [0.4, 0.5) is 10.5 Å². The summed E-state index contributed by atoms with van der Waals surface area (Å²) in [5, 5.41) is 15.8. The van der Waals surface area contributed by atoms with Crippen molar-refractivity contribution in [1.82, 2.24) is 25.6 Å². The molecule has 30 heavy (non-hydrogen) atoms. The van der Waals surface area contributed by atoms with Crippen molar-refractivity contribution in [3.63, 3.8) is 0 Å². The highest BCUT2D eigenvalue weighted by Gasteiger charge is 2.43. The number of aromatic nitrogens is 3. The lowest BCUT2D eigenvalue weighted by Gasteiger charge is -2.21. The lowest BCUT2D eigenvalue weighted by Crippen LogP contribution is -2.40. The van der Waals surface area contributed by atoms with E-state index in [2.05, 4.69) is 26.3 Å². The fourth-order valence-corrected chi connectivity index (χ4v) is 3.26. The van der Waals surface area contributed by atoms with E-state index >= 15 is 0 Å². The molecule has 4 rings (SSSR count). The highest BCUT2D eigenvalue weighted by molar-refractivity contribution is 6.07. The number of fused-ring (bicyclic) bond motifs is 1. The molecule has 1 aliphatic heterocycles. The summed E-state index contributed by atoms with van der Waals surface area (Å²) in [5.74, 6) is -0.802. The zero-order chi connectivity index (χ0) is 21.3. The number of imide groups is 1. The Morgan fingerprint density at radius 1 is 1.13 bits per heavy atom. The maximum Gasteiger partial charge on any atom is 0.322 e. The summed E-state index contributed by atoms with van der Waals surface area (Å²) in [6, 6.07) is 12.9. The largest absolute Gasteiger partial charge is 0.326 e. The quantitative estimate of drug-likeness (QED) is 0.538. The molecule has 3 N–H and O–H groups in total. The first-order valence-electron chi connectivity index (χ1n) is 9.23. The van der Waals surface area contributed by atoms with Gasteiger partial charge in [0, 0.05) is 12.1 Å². The van der Waals surface area contributed by atoms with Crippen LogP contribution in [0.5, 0.6) is 0 Å². The summed E-state index contributed by atoms with van der Waals surface area (Å²) in [6.45, 7) is 1.65. The molecule has 1 aliphatic rings. The minimum Gasteiger partial charge on any atom is -0.326 e. The number of amides is 4. The topological polar surface area (TPSA) is 135 Å². The van der Waals surface area contributed by atoms with E-state index in [1.54, 1.807) is 55.5 Å². The van der Waals surface area contributed by atoms with E-state index in [4.69, 9.17) is 0 Å². The number of carbonyl (C=O) groups is 3. The van der Waals surface area contributed by atoms with Crippen LogP contribution in [0, 0.1) is 0 Å². The van der Waals surface area contributed by atoms with Crippen molar-refractivity contribution in [3.8, 4) is 0 Å². The first kappa shape index (κ1) is 19.2. The number of nitrogens with zero attached hydrogens (tertiary/aromatic N) is 3. The molecule has 152 valence electrons. The second kappa shape index (κ2) is 7.39. The number of aryl methyl sites for hydroxylation is 1. The van der Waals surface area contributed by atoms with Gasteiger partial charge in [-0.25, -0.2) is 9.48 Å². The van der Waals surface area contributed by atoms with Crippen LogP contribution in [0.3, 0.4) is 0 Å². The molecule has 10 heteroatoms. The number of urea groups is 1. The van der Waals surface area contributed by atoms with E-state index in [-0.39, 0.29) is 24.4 Å². The van der Waals surface area contributed by atoms with Crippen LogP contribution in [0.2, 0.25) is 0 Å². The summed E-state index contributed by atoms with van der Waals surface area (Å²) in [5.41, 5.74) is -0.0426. The van der Waals surface area contributed by atoms with Crippen molar-refractivity contribution >= 4 is 34.4 Å². The molecule has 0 saturated carbocycles. The van der Waals surface area contributed by atoms with Crippen molar-refractivity contribution in [2.24, 2.45) is 0 Å². The van der Waals surface area contributed by atoms with Gasteiger partial charge in [0.25, 0.3) is 11.5 Å². The molecule has 2 heterocycles. The van der Waals surface area contributed by atoms with Crippen molar-refractivity contribution in [2.75, 3.05) is 5.32 Å². The van der Waals surface area contributed by atoms with Crippen LogP contribution in [0.1, 0.15) is 18.9 Å². The average Bonchev–Trinajstić information content (AvgIpc) is 3.00. The molecule has 1 atom stereocenters. The number of carbonyl (C=O) groups excluding carboxylic acids is 3. The summed E-state index contributed by atoms with van der Waals surface area (Å²) in [6.07, 6.45) is 0.00560. The van der Waals surface area contributed by atoms with Crippen LogP contribution < -0.4 is 21.5 Å². The standard InChI is InChI=1S/C20H18N6O4/c1-20(18(29)22-19(30)23-20)12-5-4-6-13(11-12)21-16(27)9-10-26-17(28)14-7-2-3-8-15(14)24-25-26/h2-8,11H,9-10H2,1H3,(H,21,27)(H2,22,23,29,30). The second-order valence-corrected chi connectivity index (χ2v) is 7.05. The molecule has 0 bridgehead atoms. The van der Waals surface area contributed by atoms with Gasteiger partial charge in [-0.1, -0.05) is 29.5 Å². The summed E-state index contributed by atoms with van der Waals surface area (Å²) in [7, 11) is 0. The molecule has 10 nitrogen and oxygen atoms in total. The fraction of sp³-hybridized carbons (Fsp3) is 0.200. The van der Waals surface area contributed by atoms with Gasteiger partial charge in [0.1, 0.15) is 11.1 Å². The number of hydrogen-bond donors (Lipinski definition) is 3. The lowest BCUT2D eigenvalue weighted by molar-refractivity contribution is -0.123. The van der Waals surface area contributed by atoms with E-state index in [1.807, 2.05) is 0 Å². The first-order chi connectivity index (χ1) is 14.4. The van der Waals surface area contributed by atoms with E-state index < -0.39 is 17.5 Å². The fourth-order valence-electron chi connectivity index (χ4n) is 3.26. The predicted octanol–water partition coefficient (Wildman–Crippen LogP) is 0.875. The number of benzene rings is 2. The Labute approximate surface area is 170 Å². The molecule has 4 amide bonds. The Balaban J connectivity index is 1.45. The number of anilines is 1. The first-order valence-corrected chi connectivity index (χ1v) is 9.23. The van der Waals surface area contributed by atoms with Gasteiger partial charge in [0.05, 0.1) is 11.9 Å². The molecule has 0 spiro atoms. The molecular weight excluding hydrogens is 388 g/mol. The molecule has 1 unspecified atom stereocenters. The molecular formula is C20H18N6O4. The van der Waals surface area contributed by atoms with E-state index in [9.17, 15) is 19.2 Å². The minimum atomic E-state index is -1.22. The molecule has 1 aromatic heterocycles. The average molecular weight is 406 g/mol. The summed E-state index contributed by atoms with van der Waals surface area (Å²) in [4.78, 5) is 48.4. The van der Waals surface area contributed by atoms with Gasteiger partial charge in [-0.05, 0) is 36.8 Å².